The Morgan fingerprint density at radius 3 is 2.33 bits per heavy atom. The standard InChI is InChI=1S/C27H23ClN4O7S/c1-2-14-39-27(36)20-8-3-4-9-21(20)32-25(34)22(28)23(26(32)35)30-18-7-5-6-16(15-18)24(33)31-17-10-12-19(13-11-17)40(29,37)38/h3-13,15,30H,2,14H2,1H3,(H,31,33)(H2,29,37,38). The van der Waals surface area contributed by atoms with Crippen molar-refractivity contribution < 1.29 is 32.3 Å². The molecule has 1 aliphatic rings. The fourth-order valence-corrected chi connectivity index (χ4v) is 4.49. The lowest BCUT2D eigenvalue weighted by molar-refractivity contribution is -0.120. The van der Waals surface area contributed by atoms with Crippen molar-refractivity contribution in [2.24, 2.45) is 5.14 Å². The molecule has 11 nitrogen and oxygen atoms in total. The predicted octanol–water partition coefficient (Wildman–Crippen LogP) is 3.59. The monoisotopic (exact) mass is 582 g/mol. The number of carbonyl (C=O) groups excluding carboxylic acids is 4. The second-order valence-electron chi connectivity index (χ2n) is 8.52. The van der Waals surface area contributed by atoms with Gasteiger partial charge in [0.1, 0.15) is 10.7 Å². The van der Waals surface area contributed by atoms with Gasteiger partial charge in [0.25, 0.3) is 17.7 Å². The van der Waals surface area contributed by atoms with E-state index in [1.165, 1.54) is 48.5 Å². The fourth-order valence-electron chi connectivity index (χ4n) is 3.76. The van der Waals surface area contributed by atoms with Gasteiger partial charge in [-0.3, -0.25) is 14.4 Å². The molecule has 0 aromatic heterocycles. The van der Waals surface area contributed by atoms with Gasteiger partial charge in [0.15, 0.2) is 0 Å². The average Bonchev–Trinajstić information content (AvgIpc) is 3.14. The maximum atomic E-state index is 13.3. The Labute approximate surface area is 234 Å². The molecule has 40 heavy (non-hydrogen) atoms. The predicted molar refractivity (Wildman–Crippen MR) is 148 cm³/mol. The van der Waals surface area contributed by atoms with Crippen LogP contribution in [0, 0.1) is 0 Å². The summed E-state index contributed by atoms with van der Waals surface area (Å²) in [6.07, 6.45) is 0.596. The molecule has 0 spiro atoms. The number of primary sulfonamides is 1. The van der Waals surface area contributed by atoms with Gasteiger partial charge in [-0.2, -0.15) is 0 Å². The van der Waals surface area contributed by atoms with Crippen LogP contribution in [-0.2, 0) is 24.3 Å². The van der Waals surface area contributed by atoms with Crippen LogP contribution in [0.5, 0.6) is 0 Å². The summed E-state index contributed by atoms with van der Waals surface area (Å²) in [6, 6.07) is 17.4. The molecule has 206 valence electrons. The zero-order valence-corrected chi connectivity index (χ0v) is 22.6. The normalized spacial score (nSPS) is 13.4. The van der Waals surface area contributed by atoms with Gasteiger partial charge in [0.2, 0.25) is 10.0 Å². The third kappa shape index (κ3) is 6.04. The Kier molecular flexibility index (Phi) is 8.33. The highest BCUT2D eigenvalue weighted by molar-refractivity contribution is 7.89. The molecule has 1 aliphatic heterocycles. The first-order chi connectivity index (χ1) is 19.0. The third-order valence-electron chi connectivity index (χ3n) is 5.66. The van der Waals surface area contributed by atoms with Crippen LogP contribution in [0.2, 0.25) is 0 Å². The van der Waals surface area contributed by atoms with Crippen molar-refractivity contribution in [2.75, 3.05) is 22.1 Å². The van der Waals surface area contributed by atoms with E-state index in [1.807, 2.05) is 6.92 Å². The number of nitrogens with two attached hydrogens (primary N) is 1. The van der Waals surface area contributed by atoms with Crippen molar-refractivity contribution in [3.8, 4) is 0 Å². The molecule has 0 radical (unpaired) electrons. The van der Waals surface area contributed by atoms with E-state index < -0.39 is 38.7 Å². The molecule has 0 fully saturated rings. The maximum absolute atomic E-state index is 13.3. The minimum Gasteiger partial charge on any atom is -0.462 e. The van der Waals surface area contributed by atoms with E-state index in [2.05, 4.69) is 10.6 Å². The van der Waals surface area contributed by atoms with Crippen LogP contribution < -0.4 is 20.7 Å². The van der Waals surface area contributed by atoms with Gasteiger partial charge < -0.3 is 15.4 Å². The van der Waals surface area contributed by atoms with E-state index >= 15 is 0 Å². The Morgan fingerprint density at radius 2 is 1.65 bits per heavy atom. The largest absolute Gasteiger partial charge is 0.462 e. The Bertz CT molecular complexity index is 1650. The number of hydrogen-bond acceptors (Lipinski definition) is 8. The molecule has 3 aromatic rings. The molecule has 0 bridgehead atoms. The highest BCUT2D eigenvalue weighted by atomic mass is 35.5. The molecule has 0 atom stereocenters. The first-order valence-corrected chi connectivity index (χ1v) is 13.8. The number of amides is 3. The van der Waals surface area contributed by atoms with Crippen molar-refractivity contribution >= 4 is 62.4 Å². The van der Waals surface area contributed by atoms with Crippen LogP contribution in [0.1, 0.15) is 34.1 Å². The number of anilines is 3. The Hall–Kier alpha value is -4.52. The highest BCUT2D eigenvalue weighted by Crippen LogP contribution is 2.32. The lowest BCUT2D eigenvalue weighted by Gasteiger charge is -2.18. The first kappa shape index (κ1) is 28.5. The van der Waals surface area contributed by atoms with Crippen molar-refractivity contribution in [1.82, 2.24) is 0 Å². The van der Waals surface area contributed by atoms with Gasteiger partial charge in [-0.25, -0.2) is 23.3 Å². The smallest absolute Gasteiger partial charge is 0.340 e. The van der Waals surface area contributed by atoms with Crippen LogP contribution in [0.25, 0.3) is 0 Å². The minimum atomic E-state index is -3.88. The summed E-state index contributed by atoms with van der Waals surface area (Å²) in [4.78, 5) is 52.3. The van der Waals surface area contributed by atoms with Gasteiger partial charge >= 0.3 is 5.97 Å². The number of halogens is 1. The van der Waals surface area contributed by atoms with Crippen LogP contribution in [0.4, 0.5) is 17.1 Å². The number of esters is 1. The van der Waals surface area contributed by atoms with E-state index in [9.17, 15) is 27.6 Å². The summed E-state index contributed by atoms with van der Waals surface area (Å²) in [5, 5.41) is 10.1. The summed E-state index contributed by atoms with van der Waals surface area (Å²) in [6.45, 7) is 2.01. The molecule has 3 amide bonds. The van der Waals surface area contributed by atoms with E-state index in [0.717, 1.165) is 4.90 Å². The second-order valence-corrected chi connectivity index (χ2v) is 10.5. The molecule has 4 rings (SSSR count). The van der Waals surface area contributed by atoms with E-state index in [0.29, 0.717) is 12.1 Å². The zero-order chi connectivity index (χ0) is 29.0. The number of carbonyl (C=O) groups is 4. The van der Waals surface area contributed by atoms with Crippen molar-refractivity contribution in [2.45, 2.75) is 18.2 Å². The van der Waals surface area contributed by atoms with Gasteiger partial charge in [-0.15, -0.1) is 0 Å². The number of sulfonamides is 1. The van der Waals surface area contributed by atoms with Gasteiger partial charge in [0.05, 0.1) is 22.8 Å². The molecule has 13 heteroatoms. The van der Waals surface area contributed by atoms with E-state index in [-0.39, 0.29) is 39.7 Å². The maximum Gasteiger partial charge on any atom is 0.340 e. The summed E-state index contributed by atoms with van der Waals surface area (Å²) < 4.78 is 28.0. The average molecular weight is 583 g/mol. The van der Waals surface area contributed by atoms with Crippen LogP contribution >= 0.6 is 11.6 Å². The molecule has 3 aromatic carbocycles. The third-order valence-corrected chi connectivity index (χ3v) is 6.94. The van der Waals surface area contributed by atoms with Crippen LogP contribution in [0.15, 0.2) is 88.4 Å². The van der Waals surface area contributed by atoms with Gasteiger partial charge in [0, 0.05) is 16.9 Å². The number of hydrogen-bond donors (Lipinski definition) is 3. The van der Waals surface area contributed by atoms with Crippen molar-refractivity contribution in [3.63, 3.8) is 0 Å². The summed E-state index contributed by atoms with van der Waals surface area (Å²) in [7, 11) is -3.88. The van der Waals surface area contributed by atoms with Gasteiger partial charge in [-0.05, 0) is 61.0 Å². The number of nitrogens with one attached hydrogen (secondary N) is 2. The number of rotatable bonds is 9. The molecular formula is C27H23ClN4O7S. The zero-order valence-electron chi connectivity index (χ0n) is 21.0. The summed E-state index contributed by atoms with van der Waals surface area (Å²) in [5.41, 5.74) is 0.609. The van der Waals surface area contributed by atoms with Gasteiger partial charge in [-0.1, -0.05) is 36.7 Å². The Balaban J connectivity index is 1.53. The quantitative estimate of drug-likeness (QED) is 0.254. The Morgan fingerprint density at radius 1 is 0.950 bits per heavy atom. The SMILES string of the molecule is CCCOC(=O)c1ccccc1N1C(=O)C(Cl)=C(Nc2cccc(C(=O)Nc3ccc(S(N)(=O)=O)cc3)c2)C1=O. The topological polar surface area (TPSA) is 165 Å². The molecule has 0 aliphatic carbocycles. The number of ether oxygens (including phenoxy) is 1. The molecule has 0 unspecified atom stereocenters. The summed E-state index contributed by atoms with van der Waals surface area (Å²) in [5.74, 6) is -2.84. The second kappa shape index (κ2) is 11.7. The van der Waals surface area contributed by atoms with Crippen molar-refractivity contribution in [3.05, 3.63) is 94.7 Å². The fraction of sp³-hybridized carbons (Fsp3) is 0.111. The first-order valence-electron chi connectivity index (χ1n) is 11.9. The van der Waals surface area contributed by atoms with Crippen molar-refractivity contribution in [1.29, 1.82) is 0 Å². The lowest BCUT2D eigenvalue weighted by atomic mass is 10.1. The number of para-hydroxylation sites is 1. The summed E-state index contributed by atoms with van der Waals surface area (Å²) >= 11 is 6.25. The van der Waals surface area contributed by atoms with E-state index in [4.69, 9.17) is 21.5 Å². The number of imide groups is 1. The molecule has 4 N–H and O–H groups in total. The molecular weight excluding hydrogens is 560 g/mol. The molecule has 0 saturated heterocycles. The van der Waals surface area contributed by atoms with Crippen LogP contribution in [0.3, 0.4) is 0 Å². The lowest BCUT2D eigenvalue weighted by Crippen LogP contribution is -2.33. The minimum absolute atomic E-state index is 0.0233. The number of benzene rings is 3. The molecule has 1 heterocycles. The number of nitrogens with zero attached hydrogens (tertiary/aromatic N) is 1. The molecule has 0 saturated carbocycles. The highest BCUT2D eigenvalue weighted by Gasteiger charge is 2.40. The van der Waals surface area contributed by atoms with Crippen LogP contribution in [-0.4, -0.2) is 38.7 Å². The van der Waals surface area contributed by atoms with E-state index in [1.54, 1.807) is 24.3 Å².